The molecule has 1 aromatic carbocycles. The number of carbonyl (C=O) groups is 1. The molecular weight excluding hydrogens is 316 g/mol. The van der Waals surface area contributed by atoms with Crippen molar-refractivity contribution in [3.63, 3.8) is 0 Å². The number of allylic oxidation sites excluding steroid dienone is 1. The first kappa shape index (κ1) is 16.8. The maximum atomic E-state index is 12.5. The van der Waals surface area contributed by atoms with Crippen molar-refractivity contribution in [2.45, 2.75) is 32.9 Å². The van der Waals surface area contributed by atoms with Crippen LogP contribution in [0.1, 0.15) is 32.4 Å². The van der Waals surface area contributed by atoms with Crippen LogP contribution in [0.15, 0.2) is 40.5 Å². The van der Waals surface area contributed by atoms with Crippen LogP contribution in [0.5, 0.6) is 0 Å². The van der Waals surface area contributed by atoms with E-state index < -0.39 is 12.0 Å². The molecule has 1 aromatic rings. The Hall–Kier alpha value is -2.52. The fraction of sp³-hybridized carbons (Fsp3) is 0.312. The summed E-state index contributed by atoms with van der Waals surface area (Å²) in [6.07, 6.45) is 1.55. The summed E-state index contributed by atoms with van der Waals surface area (Å²) in [5.74, 6) is -0.203. The first-order valence-electron chi connectivity index (χ1n) is 7.10. The predicted octanol–water partition coefficient (Wildman–Crippen LogP) is 2.64. The van der Waals surface area contributed by atoms with Crippen LogP contribution in [-0.2, 0) is 9.53 Å². The van der Waals surface area contributed by atoms with Crippen LogP contribution < -0.4 is 10.6 Å². The number of rotatable bonds is 3. The van der Waals surface area contributed by atoms with Crippen LogP contribution in [0, 0.1) is 11.5 Å². The quantitative estimate of drug-likeness (QED) is 0.505. The number of nitriles is 1. The second-order valence-electron chi connectivity index (χ2n) is 5.26. The van der Waals surface area contributed by atoms with Gasteiger partial charge in [0.1, 0.15) is 6.04 Å². The second-order valence-corrected chi connectivity index (χ2v) is 5.66. The van der Waals surface area contributed by atoms with Crippen molar-refractivity contribution in [3.05, 3.63) is 46.1 Å². The minimum atomic E-state index is -0.646. The molecule has 0 saturated carbocycles. The number of benzene rings is 1. The van der Waals surface area contributed by atoms with E-state index >= 15 is 0 Å². The van der Waals surface area contributed by atoms with Crippen LogP contribution >= 0.6 is 11.6 Å². The normalized spacial score (nSPS) is 17.2. The van der Waals surface area contributed by atoms with Crippen molar-refractivity contribution in [3.8, 4) is 6.19 Å². The zero-order valence-electron chi connectivity index (χ0n) is 13.1. The van der Waals surface area contributed by atoms with Crippen molar-refractivity contribution in [1.29, 1.82) is 5.26 Å². The molecule has 2 rings (SSSR count). The van der Waals surface area contributed by atoms with Gasteiger partial charge in [-0.1, -0.05) is 29.8 Å². The van der Waals surface area contributed by atoms with Crippen molar-refractivity contribution < 1.29 is 9.53 Å². The average molecular weight is 333 g/mol. The molecule has 0 amide bonds. The van der Waals surface area contributed by atoms with Gasteiger partial charge in [0.25, 0.3) is 0 Å². The molecule has 0 spiro atoms. The van der Waals surface area contributed by atoms with Gasteiger partial charge >= 0.3 is 5.97 Å². The minimum absolute atomic E-state index is 0.252. The summed E-state index contributed by atoms with van der Waals surface area (Å²) >= 11 is 6.26. The highest BCUT2D eigenvalue weighted by Crippen LogP contribution is 2.35. The molecule has 0 aliphatic carbocycles. The third kappa shape index (κ3) is 3.82. The molecule has 120 valence electrons. The van der Waals surface area contributed by atoms with Crippen molar-refractivity contribution in [2.75, 3.05) is 0 Å². The Kier molecular flexibility index (Phi) is 5.24. The Labute approximate surface area is 139 Å². The van der Waals surface area contributed by atoms with Gasteiger partial charge in [-0.25, -0.2) is 9.79 Å². The summed E-state index contributed by atoms with van der Waals surface area (Å²) in [5, 5.41) is 14.6. The van der Waals surface area contributed by atoms with E-state index in [1.54, 1.807) is 45.2 Å². The Morgan fingerprint density at radius 2 is 2.17 bits per heavy atom. The molecule has 0 radical (unpaired) electrons. The number of nitrogens with one attached hydrogen (secondary N) is 2. The van der Waals surface area contributed by atoms with Gasteiger partial charge in [0, 0.05) is 16.3 Å². The van der Waals surface area contributed by atoms with E-state index in [9.17, 15) is 4.79 Å². The summed E-state index contributed by atoms with van der Waals surface area (Å²) in [5.41, 5.74) is 1.60. The Bertz CT molecular complexity index is 719. The van der Waals surface area contributed by atoms with E-state index in [4.69, 9.17) is 21.6 Å². The molecule has 2 N–H and O–H groups in total. The smallest absolute Gasteiger partial charge is 0.338 e. The van der Waals surface area contributed by atoms with Gasteiger partial charge < -0.3 is 10.1 Å². The fourth-order valence-electron chi connectivity index (χ4n) is 2.26. The molecule has 7 heteroatoms. The van der Waals surface area contributed by atoms with Gasteiger partial charge in [0.2, 0.25) is 5.96 Å². The van der Waals surface area contributed by atoms with Gasteiger partial charge in [-0.05, 0) is 26.8 Å². The van der Waals surface area contributed by atoms with Crippen LogP contribution in [0.4, 0.5) is 0 Å². The largest absolute Gasteiger partial charge is 0.459 e. The average Bonchev–Trinajstić information content (AvgIpc) is 2.46. The highest BCUT2D eigenvalue weighted by Gasteiger charge is 2.31. The molecule has 0 fully saturated rings. The molecular formula is C16H17ClN4O2. The van der Waals surface area contributed by atoms with E-state index in [1.165, 1.54) is 0 Å². The first-order chi connectivity index (χ1) is 10.9. The number of hydrogen-bond acceptors (Lipinski definition) is 6. The predicted molar refractivity (Wildman–Crippen MR) is 87.4 cm³/mol. The lowest BCUT2D eigenvalue weighted by Crippen LogP contribution is -2.39. The van der Waals surface area contributed by atoms with Crippen molar-refractivity contribution in [2.24, 2.45) is 4.99 Å². The van der Waals surface area contributed by atoms with Crippen LogP contribution in [0.3, 0.4) is 0 Å². The molecule has 6 nitrogen and oxygen atoms in total. The van der Waals surface area contributed by atoms with E-state index in [0.29, 0.717) is 21.9 Å². The fourth-order valence-corrected chi connectivity index (χ4v) is 2.50. The molecule has 0 saturated heterocycles. The van der Waals surface area contributed by atoms with Gasteiger partial charge in [0.05, 0.1) is 11.7 Å². The Morgan fingerprint density at radius 1 is 1.48 bits per heavy atom. The molecule has 0 unspecified atom stereocenters. The maximum Gasteiger partial charge on any atom is 0.338 e. The van der Waals surface area contributed by atoms with Crippen LogP contribution in [-0.4, -0.2) is 18.0 Å². The standard InChI is InChI=1S/C16H17ClN4O2/c1-9(2)23-15(22)13-10(3)20-16(19-8-18)21-14(13)11-6-4-5-7-12(11)17/h4-7,9,14H,1-3H3,(H2,19,20,21)/t14-/m1/s1. The first-order valence-corrected chi connectivity index (χ1v) is 7.48. The highest BCUT2D eigenvalue weighted by molar-refractivity contribution is 6.31. The number of halogens is 1. The van der Waals surface area contributed by atoms with Gasteiger partial charge in [-0.2, -0.15) is 5.26 Å². The second kappa shape index (κ2) is 7.16. The summed E-state index contributed by atoms with van der Waals surface area (Å²) in [4.78, 5) is 16.9. The summed E-state index contributed by atoms with van der Waals surface area (Å²) in [6, 6.07) is 6.49. The third-order valence-corrected chi connectivity index (χ3v) is 3.52. The zero-order chi connectivity index (χ0) is 17.0. The van der Waals surface area contributed by atoms with Crippen molar-refractivity contribution >= 4 is 23.5 Å². The SMILES string of the molecule is CC1=C(C(=O)OC(C)C)[C@@H](c2ccccc2Cl)N=C(NC#N)N1. The third-order valence-electron chi connectivity index (χ3n) is 3.18. The van der Waals surface area contributed by atoms with Crippen molar-refractivity contribution in [1.82, 2.24) is 10.6 Å². The molecule has 1 aliphatic heterocycles. The summed E-state index contributed by atoms with van der Waals surface area (Å²) in [7, 11) is 0. The molecule has 1 aliphatic rings. The van der Waals surface area contributed by atoms with E-state index in [0.717, 1.165) is 0 Å². The monoisotopic (exact) mass is 332 g/mol. The number of hydrogen-bond donors (Lipinski definition) is 2. The molecule has 1 atom stereocenters. The summed E-state index contributed by atoms with van der Waals surface area (Å²) in [6.45, 7) is 5.29. The highest BCUT2D eigenvalue weighted by atomic mass is 35.5. The van der Waals surface area contributed by atoms with Crippen LogP contribution in [0.25, 0.3) is 0 Å². The topological polar surface area (TPSA) is 86.5 Å². The maximum absolute atomic E-state index is 12.5. The minimum Gasteiger partial charge on any atom is -0.459 e. The number of guanidine groups is 1. The molecule has 0 aromatic heterocycles. The number of nitrogens with zero attached hydrogens (tertiary/aromatic N) is 2. The lowest BCUT2D eigenvalue weighted by Gasteiger charge is -2.26. The lowest BCUT2D eigenvalue weighted by atomic mass is 9.96. The zero-order valence-corrected chi connectivity index (χ0v) is 13.8. The van der Waals surface area contributed by atoms with E-state index in [1.807, 2.05) is 6.07 Å². The van der Waals surface area contributed by atoms with Crippen LogP contribution in [0.2, 0.25) is 5.02 Å². The molecule has 0 bridgehead atoms. The number of ether oxygens (including phenoxy) is 1. The Balaban J connectivity index is 2.50. The van der Waals surface area contributed by atoms with Gasteiger partial charge in [0.15, 0.2) is 6.19 Å². The summed E-state index contributed by atoms with van der Waals surface area (Å²) < 4.78 is 5.31. The number of esters is 1. The number of carbonyl (C=O) groups excluding carboxylic acids is 1. The lowest BCUT2D eigenvalue weighted by molar-refractivity contribution is -0.143. The van der Waals surface area contributed by atoms with E-state index in [-0.39, 0.29) is 12.1 Å². The Morgan fingerprint density at radius 3 is 2.78 bits per heavy atom. The number of aliphatic imine (C=N–C) groups is 1. The molecule has 1 heterocycles. The van der Waals surface area contributed by atoms with E-state index in [2.05, 4.69) is 15.6 Å². The molecule has 23 heavy (non-hydrogen) atoms. The van der Waals surface area contributed by atoms with Gasteiger partial charge in [-0.3, -0.25) is 5.32 Å². The van der Waals surface area contributed by atoms with Gasteiger partial charge in [-0.15, -0.1) is 0 Å².